The van der Waals surface area contributed by atoms with Crippen LogP contribution in [0.4, 0.5) is 35.3 Å². The lowest BCUT2D eigenvalue weighted by molar-refractivity contribution is -0.137. The molecule has 194 valence electrons. The molecule has 4 heterocycles. The third-order valence-corrected chi connectivity index (χ3v) is 6.00. The maximum atomic E-state index is 13.4. The molecular weight excluding hydrogens is 495 g/mol. The average Bonchev–Trinajstić information content (AvgIpc) is 3.31. The molecule has 2 aliphatic rings. The molecule has 0 saturated carbocycles. The number of nitrogens with one attached hydrogen (secondary N) is 1. The Morgan fingerprint density at radius 3 is 2.86 bits per heavy atom. The summed E-state index contributed by atoms with van der Waals surface area (Å²) in [5, 5.41) is 21.0. The number of aromatic nitrogens is 4. The molecule has 2 amide bonds. The van der Waals surface area contributed by atoms with Crippen LogP contribution in [0.25, 0.3) is 11.4 Å². The largest absolute Gasteiger partial charge is 0.474 e. The number of alkyl halides is 3. The fraction of sp³-hybridized carbons (Fsp3) is 0.348. The van der Waals surface area contributed by atoms with Crippen molar-refractivity contribution in [3.63, 3.8) is 0 Å². The fourth-order valence-electron chi connectivity index (χ4n) is 4.23. The van der Waals surface area contributed by atoms with E-state index in [-0.39, 0.29) is 41.6 Å². The van der Waals surface area contributed by atoms with E-state index in [0.717, 1.165) is 12.1 Å². The van der Waals surface area contributed by atoms with E-state index < -0.39 is 30.5 Å². The standard InChI is InChI=1S/C23H22F3N7O4/c24-23(25,26)14-3-1-2-13(6-14)20-28-7-17-21(31-20)33(15-4-5-32(17)10-15)22(36)30-18-8-27-9-19(29-18)37-12-16(35)11-34/h1-3,6-9,15-16,34-35H,4-5,10-12H2,(H,29,30,36)/t15?,16-/m0/s1. The summed E-state index contributed by atoms with van der Waals surface area (Å²) in [6.45, 7) is 0.529. The van der Waals surface area contributed by atoms with Gasteiger partial charge in [-0.3, -0.25) is 15.2 Å². The van der Waals surface area contributed by atoms with Crippen LogP contribution in [-0.2, 0) is 6.18 Å². The molecule has 5 rings (SSSR count). The van der Waals surface area contributed by atoms with Gasteiger partial charge in [0.25, 0.3) is 0 Å². The zero-order valence-corrected chi connectivity index (χ0v) is 19.3. The predicted octanol–water partition coefficient (Wildman–Crippen LogP) is 2.32. The van der Waals surface area contributed by atoms with E-state index in [9.17, 15) is 23.1 Å². The third kappa shape index (κ3) is 5.11. The van der Waals surface area contributed by atoms with E-state index in [1.54, 1.807) is 0 Å². The van der Waals surface area contributed by atoms with Gasteiger partial charge in [0.05, 0.1) is 42.5 Å². The predicted molar refractivity (Wildman–Crippen MR) is 125 cm³/mol. The Hall–Kier alpha value is -4.04. The average molecular weight is 517 g/mol. The minimum absolute atomic E-state index is 0.0329. The first-order chi connectivity index (χ1) is 17.7. The van der Waals surface area contributed by atoms with Crippen molar-refractivity contribution in [1.82, 2.24) is 19.9 Å². The molecule has 0 aliphatic carbocycles. The van der Waals surface area contributed by atoms with Gasteiger partial charge in [0.2, 0.25) is 5.88 Å². The van der Waals surface area contributed by atoms with E-state index in [0.29, 0.717) is 25.2 Å². The first-order valence-corrected chi connectivity index (χ1v) is 11.4. The number of carbonyl (C=O) groups is 1. The lowest BCUT2D eigenvalue weighted by Gasteiger charge is -2.35. The molecule has 1 saturated heterocycles. The van der Waals surface area contributed by atoms with E-state index >= 15 is 0 Å². The van der Waals surface area contributed by atoms with Crippen molar-refractivity contribution in [2.45, 2.75) is 24.7 Å². The number of aliphatic hydroxyl groups excluding tert-OH is 2. The maximum absolute atomic E-state index is 13.4. The minimum Gasteiger partial charge on any atom is -0.474 e. The Morgan fingerprint density at radius 1 is 1.24 bits per heavy atom. The lowest BCUT2D eigenvalue weighted by Crippen LogP contribution is -2.48. The highest BCUT2D eigenvalue weighted by molar-refractivity contribution is 6.04. The first-order valence-electron chi connectivity index (χ1n) is 11.4. The molecule has 11 nitrogen and oxygen atoms in total. The highest BCUT2D eigenvalue weighted by Gasteiger charge is 2.41. The molecule has 1 fully saturated rings. The molecule has 2 aromatic heterocycles. The smallest absolute Gasteiger partial charge is 0.416 e. The van der Waals surface area contributed by atoms with Crippen molar-refractivity contribution in [2.75, 3.05) is 41.4 Å². The summed E-state index contributed by atoms with van der Waals surface area (Å²) in [7, 11) is 0. The van der Waals surface area contributed by atoms with Crippen LogP contribution >= 0.6 is 0 Å². The van der Waals surface area contributed by atoms with Crippen molar-refractivity contribution >= 4 is 23.4 Å². The van der Waals surface area contributed by atoms with E-state index in [1.165, 1.54) is 35.6 Å². The number of nitrogens with zero attached hydrogens (tertiary/aromatic N) is 6. The SMILES string of the molecule is O=C(Nc1cncc(OC[C@@H](O)CO)n1)N1c2nc(-c3cccc(C(F)(F)F)c3)ncc2N2CCC1C2. The second kappa shape index (κ2) is 9.78. The van der Waals surface area contributed by atoms with Gasteiger partial charge in [0, 0.05) is 18.7 Å². The van der Waals surface area contributed by atoms with Crippen LogP contribution in [0.15, 0.2) is 42.9 Å². The number of urea groups is 1. The van der Waals surface area contributed by atoms with E-state index in [2.05, 4.69) is 25.3 Å². The topological polar surface area (TPSA) is 137 Å². The van der Waals surface area contributed by atoms with Crippen molar-refractivity contribution in [3.05, 3.63) is 48.4 Å². The van der Waals surface area contributed by atoms with E-state index in [1.807, 2.05) is 4.90 Å². The highest BCUT2D eigenvalue weighted by atomic mass is 19.4. The second-order valence-electron chi connectivity index (χ2n) is 8.56. The maximum Gasteiger partial charge on any atom is 0.416 e. The number of amides is 2. The summed E-state index contributed by atoms with van der Waals surface area (Å²) >= 11 is 0. The Bertz CT molecular complexity index is 1310. The number of hydrogen-bond acceptors (Lipinski definition) is 9. The highest BCUT2D eigenvalue weighted by Crippen LogP contribution is 2.40. The van der Waals surface area contributed by atoms with Crippen molar-refractivity contribution in [1.29, 1.82) is 0 Å². The molecule has 3 aromatic rings. The molecule has 37 heavy (non-hydrogen) atoms. The van der Waals surface area contributed by atoms with Gasteiger partial charge in [-0.2, -0.15) is 18.2 Å². The van der Waals surface area contributed by atoms with Crippen LogP contribution in [0.1, 0.15) is 12.0 Å². The monoisotopic (exact) mass is 517 g/mol. The number of ether oxygens (including phenoxy) is 1. The molecule has 1 unspecified atom stereocenters. The molecule has 3 N–H and O–H groups in total. The van der Waals surface area contributed by atoms with Gasteiger partial charge in [-0.05, 0) is 18.6 Å². The molecule has 2 aliphatic heterocycles. The second-order valence-corrected chi connectivity index (χ2v) is 8.56. The normalized spacial score (nSPS) is 17.4. The molecule has 2 bridgehead atoms. The number of halogens is 3. The summed E-state index contributed by atoms with van der Waals surface area (Å²) in [6, 6.07) is 3.93. The molecular formula is C23H22F3N7O4. The van der Waals surface area contributed by atoms with Gasteiger partial charge in [-0.15, -0.1) is 0 Å². The number of carbonyl (C=O) groups excluding carboxylic acids is 1. The Morgan fingerprint density at radius 2 is 2.08 bits per heavy atom. The number of rotatable bonds is 6. The summed E-state index contributed by atoms with van der Waals surface area (Å²) in [6.07, 6.45) is -0.833. The molecule has 0 radical (unpaired) electrons. The van der Waals surface area contributed by atoms with Gasteiger partial charge in [-0.25, -0.2) is 14.8 Å². The van der Waals surface area contributed by atoms with Crippen molar-refractivity contribution < 1.29 is 32.9 Å². The summed E-state index contributed by atoms with van der Waals surface area (Å²) in [5.74, 6) is 0.448. The van der Waals surface area contributed by atoms with Crippen LogP contribution in [0.2, 0.25) is 0 Å². The zero-order valence-electron chi connectivity index (χ0n) is 19.3. The molecule has 2 atom stereocenters. The number of fused-ring (bicyclic) bond motifs is 4. The van der Waals surface area contributed by atoms with Crippen LogP contribution < -0.4 is 19.9 Å². The van der Waals surface area contributed by atoms with Gasteiger partial charge < -0.3 is 19.8 Å². The number of hydrogen-bond donors (Lipinski definition) is 3. The third-order valence-electron chi connectivity index (χ3n) is 6.00. The van der Waals surface area contributed by atoms with Crippen LogP contribution in [0.5, 0.6) is 5.88 Å². The Labute approximate surface area is 208 Å². The first kappa shape index (κ1) is 24.6. The number of anilines is 3. The minimum atomic E-state index is -4.52. The van der Waals surface area contributed by atoms with Gasteiger partial charge in [0.15, 0.2) is 17.5 Å². The van der Waals surface area contributed by atoms with E-state index in [4.69, 9.17) is 9.84 Å². The summed E-state index contributed by atoms with van der Waals surface area (Å²) < 4.78 is 44.9. The zero-order chi connectivity index (χ0) is 26.2. The summed E-state index contributed by atoms with van der Waals surface area (Å²) in [4.78, 5) is 33.8. The van der Waals surface area contributed by atoms with Crippen LogP contribution in [-0.4, -0.2) is 74.6 Å². The molecule has 1 aromatic carbocycles. The molecule has 14 heteroatoms. The number of benzene rings is 1. The Kier molecular flexibility index (Phi) is 6.52. The summed E-state index contributed by atoms with van der Waals surface area (Å²) in [5.41, 5.74) is -0.0515. The van der Waals surface area contributed by atoms with Gasteiger partial charge in [-0.1, -0.05) is 12.1 Å². The van der Waals surface area contributed by atoms with Crippen LogP contribution in [0, 0.1) is 0 Å². The van der Waals surface area contributed by atoms with Crippen LogP contribution in [0.3, 0.4) is 0 Å². The van der Waals surface area contributed by atoms with Crippen molar-refractivity contribution in [3.8, 4) is 17.3 Å². The lowest BCUT2D eigenvalue weighted by atomic mass is 10.1. The van der Waals surface area contributed by atoms with Gasteiger partial charge >= 0.3 is 12.2 Å². The molecule has 0 spiro atoms. The van der Waals surface area contributed by atoms with Crippen molar-refractivity contribution in [2.24, 2.45) is 0 Å². The van der Waals surface area contributed by atoms with Gasteiger partial charge in [0.1, 0.15) is 12.7 Å². The fourth-order valence-corrected chi connectivity index (χ4v) is 4.23. The quantitative estimate of drug-likeness (QED) is 0.450. The Balaban J connectivity index is 1.42. The number of aliphatic hydroxyl groups is 2.